The molecule has 4 heteroatoms. The Hall–Kier alpha value is -1.05. The topological polar surface area (TPSA) is 24.1 Å². The molecule has 1 aromatic rings. The fourth-order valence-electron chi connectivity index (χ4n) is 2.99. The van der Waals surface area contributed by atoms with Gasteiger partial charge in [0.15, 0.2) is 0 Å². The van der Waals surface area contributed by atoms with Crippen molar-refractivity contribution in [2.75, 3.05) is 24.7 Å². The maximum Gasteiger partial charge on any atom is 0.143 e. The van der Waals surface area contributed by atoms with Crippen LogP contribution < -0.4 is 10.6 Å². The highest BCUT2D eigenvalue weighted by molar-refractivity contribution is 6.68. The van der Waals surface area contributed by atoms with Crippen LogP contribution in [0.2, 0.25) is 32.1 Å². The van der Waals surface area contributed by atoms with Gasteiger partial charge in [-0.05, 0) is 24.0 Å². The molecule has 0 spiro atoms. The third kappa shape index (κ3) is 3.24. The Morgan fingerprint density at radius 2 is 1.78 bits per heavy atom. The zero-order chi connectivity index (χ0) is 13.0. The molecule has 1 heterocycles. The summed E-state index contributed by atoms with van der Waals surface area (Å²) in [6.07, 6.45) is 6.85. The molecule has 0 saturated carbocycles. The maximum absolute atomic E-state index is 3.33. The van der Waals surface area contributed by atoms with Crippen LogP contribution >= 0.6 is 0 Å². The average Bonchev–Trinajstić information content (AvgIpc) is 2.41. The van der Waals surface area contributed by atoms with E-state index >= 15 is 0 Å². The van der Waals surface area contributed by atoms with Crippen molar-refractivity contribution in [1.29, 1.82) is 0 Å². The highest BCUT2D eigenvalue weighted by Gasteiger charge is 2.23. The molecule has 0 aliphatic carbocycles. The number of nitrogens with one attached hydrogen (secondary N) is 2. The Morgan fingerprint density at radius 1 is 1.06 bits per heavy atom. The molecule has 0 bridgehead atoms. The summed E-state index contributed by atoms with van der Waals surface area (Å²) in [4.78, 5) is 0. The van der Waals surface area contributed by atoms with Crippen LogP contribution in [0.25, 0.3) is 0 Å². The van der Waals surface area contributed by atoms with E-state index in [-0.39, 0.29) is 0 Å². The van der Waals surface area contributed by atoms with E-state index in [9.17, 15) is 0 Å². The molecule has 1 aliphatic rings. The van der Waals surface area contributed by atoms with Gasteiger partial charge in [0, 0.05) is 25.5 Å². The number of benzene rings is 1. The van der Waals surface area contributed by atoms with Gasteiger partial charge < -0.3 is 10.6 Å². The molecular formula is C14H24B2N2. The minimum atomic E-state index is 0.883. The summed E-state index contributed by atoms with van der Waals surface area (Å²) in [5.74, 6) is 0. The molecule has 0 radical (unpaired) electrons. The summed E-state index contributed by atoms with van der Waals surface area (Å²) in [5, 5.41) is 6.53. The number of anilines is 2. The lowest BCUT2D eigenvalue weighted by Gasteiger charge is -2.23. The molecule has 0 unspecified atom stereocenters. The van der Waals surface area contributed by atoms with E-state index in [1.807, 2.05) is 14.1 Å². The number of hydrogen-bond acceptors (Lipinski definition) is 2. The molecule has 1 saturated heterocycles. The van der Waals surface area contributed by atoms with Crippen LogP contribution in [-0.4, -0.2) is 27.5 Å². The second kappa shape index (κ2) is 6.21. The van der Waals surface area contributed by atoms with Crippen LogP contribution in [-0.2, 0) is 6.32 Å². The van der Waals surface area contributed by atoms with Gasteiger partial charge in [0.25, 0.3) is 0 Å². The van der Waals surface area contributed by atoms with Gasteiger partial charge in [-0.2, -0.15) is 0 Å². The van der Waals surface area contributed by atoms with Crippen molar-refractivity contribution in [2.45, 2.75) is 38.4 Å². The summed E-state index contributed by atoms with van der Waals surface area (Å²) in [6.45, 7) is 4.21. The van der Waals surface area contributed by atoms with Crippen molar-refractivity contribution in [3.63, 3.8) is 0 Å². The van der Waals surface area contributed by atoms with Crippen molar-refractivity contribution in [3.05, 3.63) is 23.8 Å². The molecule has 18 heavy (non-hydrogen) atoms. The van der Waals surface area contributed by atoms with E-state index < -0.39 is 0 Å². The molecule has 0 amide bonds. The Labute approximate surface area is 112 Å². The second-order valence-electron chi connectivity index (χ2n) is 5.70. The van der Waals surface area contributed by atoms with Crippen LogP contribution in [0.1, 0.15) is 5.56 Å². The van der Waals surface area contributed by atoms with Gasteiger partial charge in [0.2, 0.25) is 0 Å². The molecule has 2 rings (SSSR count). The predicted molar refractivity (Wildman–Crippen MR) is 85.8 cm³/mol. The van der Waals surface area contributed by atoms with Crippen molar-refractivity contribution in [2.24, 2.45) is 0 Å². The average molecular weight is 242 g/mol. The van der Waals surface area contributed by atoms with E-state index in [0.717, 1.165) is 13.4 Å². The van der Waals surface area contributed by atoms with Gasteiger partial charge in [-0.1, -0.05) is 38.2 Å². The van der Waals surface area contributed by atoms with E-state index in [2.05, 4.69) is 35.7 Å². The molecule has 0 aromatic heterocycles. The molecule has 96 valence electrons. The minimum Gasteiger partial charge on any atom is -0.388 e. The van der Waals surface area contributed by atoms with Crippen LogP contribution in [0.15, 0.2) is 18.2 Å². The lowest BCUT2D eigenvalue weighted by Crippen LogP contribution is -2.26. The fourth-order valence-corrected chi connectivity index (χ4v) is 2.99. The molecule has 2 N–H and O–H groups in total. The minimum absolute atomic E-state index is 0.883. The van der Waals surface area contributed by atoms with Crippen molar-refractivity contribution in [1.82, 2.24) is 0 Å². The van der Waals surface area contributed by atoms with Gasteiger partial charge in [-0.3, -0.25) is 0 Å². The first-order valence-electron chi connectivity index (χ1n) is 7.21. The van der Waals surface area contributed by atoms with Gasteiger partial charge in [0.05, 0.1) is 0 Å². The first-order chi connectivity index (χ1) is 8.72. The molecule has 1 fully saturated rings. The van der Waals surface area contributed by atoms with Crippen molar-refractivity contribution in [3.8, 4) is 0 Å². The van der Waals surface area contributed by atoms with E-state index in [1.165, 1.54) is 48.5 Å². The van der Waals surface area contributed by atoms with Crippen LogP contribution in [0.5, 0.6) is 0 Å². The summed E-state index contributed by atoms with van der Waals surface area (Å²) < 4.78 is 0. The first-order valence-corrected chi connectivity index (χ1v) is 7.21. The Balaban J connectivity index is 2.04. The highest BCUT2D eigenvalue weighted by Crippen LogP contribution is 2.27. The summed E-state index contributed by atoms with van der Waals surface area (Å²) in [7, 11) is 3.98. The lowest BCUT2D eigenvalue weighted by atomic mass is 9.27. The SMILES string of the molecule is CNc1ccc(CB2CCB(C)CC2)c(NC)c1. The predicted octanol–water partition coefficient (Wildman–Crippen LogP) is 3.48. The van der Waals surface area contributed by atoms with E-state index in [4.69, 9.17) is 0 Å². The fraction of sp³-hybridized carbons (Fsp3) is 0.571. The molecule has 1 aromatic carbocycles. The zero-order valence-electron chi connectivity index (χ0n) is 11.9. The van der Waals surface area contributed by atoms with Gasteiger partial charge >= 0.3 is 0 Å². The number of hydrogen-bond donors (Lipinski definition) is 2. The second-order valence-corrected chi connectivity index (χ2v) is 5.70. The van der Waals surface area contributed by atoms with Crippen LogP contribution in [0.3, 0.4) is 0 Å². The Bertz CT molecular complexity index is 387. The normalized spacial score (nSPS) is 15.7. The van der Waals surface area contributed by atoms with E-state index in [0.29, 0.717) is 0 Å². The third-order valence-electron chi connectivity index (χ3n) is 4.31. The summed E-state index contributed by atoms with van der Waals surface area (Å²) >= 11 is 0. The largest absolute Gasteiger partial charge is 0.388 e. The number of rotatable bonds is 4. The van der Waals surface area contributed by atoms with Gasteiger partial charge in [-0.15, -0.1) is 0 Å². The van der Waals surface area contributed by atoms with Crippen LogP contribution in [0, 0.1) is 0 Å². The van der Waals surface area contributed by atoms with E-state index in [1.54, 1.807) is 0 Å². The third-order valence-corrected chi connectivity index (χ3v) is 4.31. The molecule has 2 nitrogen and oxygen atoms in total. The molecule has 1 aliphatic heterocycles. The van der Waals surface area contributed by atoms with Crippen molar-refractivity contribution < 1.29 is 0 Å². The first kappa shape index (κ1) is 13.4. The highest BCUT2D eigenvalue weighted by atomic mass is 14.9. The smallest absolute Gasteiger partial charge is 0.143 e. The lowest BCUT2D eigenvalue weighted by molar-refractivity contribution is 1.13. The summed E-state index contributed by atoms with van der Waals surface area (Å²) in [6, 6.07) is 6.66. The molecule has 0 atom stereocenters. The monoisotopic (exact) mass is 242 g/mol. The van der Waals surface area contributed by atoms with Gasteiger partial charge in [-0.25, -0.2) is 0 Å². The molecular weight excluding hydrogens is 218 g/mol. The van der Waals surface area contributed by atoms with Crippen molar-refractivity contribution >= 4 is 24.8 Å². The Kier molecular flexibility index (Phi) is 4.62. The summed E-state index contributed by atoms with van der Waals surface area (Å²) in [5.41, 5.74) is 3.93. The van der Waals surface area contributed by atoms with Gasteiger partial charge in [0.1, 0.15) is 13.4 Å². The zero-order valence-corrected chi connectivity index (χ0v) is 11.9. The maximum atomic E-state index is 3.33. The quantitative estimate of drug-likeness (QED) is 0.789. The standard InChI is InChI=1S/C14H24B2N2/c1-15-6-8-16(9-7-15)11-12-4-5-13(17-2)10-14(12)18-3/h4-5,10,17-18H,6-9,11H2,1-3H3. The van der Waals surface area contributed by atoms with Crippen LogP contribution in [0.4, 0.5) is 11.4 Å². The Morgan fingerprint density at radius 3 is 2.39 bits per heavy atom.